The van der Waals surface area contributed by atoms with E-state index in [9.17, 15) is 13.2 Å². The van der Waals surface area contributed by atoms with Crippen LogP contribution in [0.15, 0.2) is 41.6 Å². The smallest absolute Gasteiger partial charge is 0.335 e. The molecule has 0 radical (unpaired) electrons. The first-order valence-corrected chi connectivity index (χ1v) is 8.70. The van der Waals surface area contributed by atoms with Gasteiger partial charge in [0.05, 0.1) is 23.5 Å². The van der Waals surface area contributed by atoms with Gasteiger partial charge < -0.3 is 5.11 Å². The maximum Gasteiger partial charge on any atom is 0.335 e. The van der Waals surface area contributed by atoms with Crippen LogP contribution in [0.4, 0.5) is 5.69 Å². The fourth-order valence-electron chi connectivity index (χ4n) is 2.42. The van der Waals surface area contributed by atoms with Crippen molar-refractivity contribution in [2.75, 3.05) is 11.4 Å². The van der Waals surface area contributed by atoms with Gasteiger partial charge in [0, 0.05) is 13.2 Å². The van der Waals surface area contributed by atoms with E-state index in [0.717, 1.165) is 23.6 Å². The molecule has 0 unspecified atom stereocenters. The van der Waals surface area contributed by atoms with Gasteiger partial charge in [-0.15, -0.1) is 0 Å². The second-order valence-electron chi connectivity index (χ2n) is 5.57. The maximum absolute atomic E-state index is 12.6. The molecule has 1 heterocycles. The number of sulfonamides is 1. The molecule has 122 valence electrons. The predicted octanol–water partition coefficient (Wildman–Crippen LogP) is 2.13. The van der Waals surface area contributed by atoms with Crippen molar-refractivity contribution in [3.8, 4) is 0 Å². The standard InChI is InChI=1S/C15H17N3O4S/c1-17(12-7-5-11(6-8-12)15(19)20)23(21,22)14-9-16-18(10-14)13-3-2-4-13/h5-10,13H,2-4H2,1H3,(H,19,20). The number of anilines is 1. The van der Waals surface area contributed by atoms with Crippen LogP contribution >= 0.6 is 0 Å². The van der Waals surface area contributed by atoms with Crippen LogP contribution in [-0.2, 0) is 10.0 Å². The molecule has 7 nitrogen and oxygen atoms in total. The molecule has 0 bridgehead atoms. The Morgan fingerprint density at radius 2 is 1.96 bits per heavy atom. The minimum absolute atomic E-state index is 0.109. The first-order valence-electron chi connectivity index (χ1n) is 7.26. The minimum Gasteiger partial charge on any atom is -0.478 e. The van der Waals surface area contributed by atoms with Crippen molar-refractivity contribution in [3.05, 3.63) is 42.2 Å². The summed E-state index contributed by atoms with van der Waals surface area (Å²) in [6.07, 6.45) is 6.10. The maximum atomic E-state index is 12.6. The number of hydrogen-bond donors (Lipinski definition) is 1. The van der Waals surface area contributed by atoms with Crippen LogP contribution < -0.4 is 4.31 Å². The van der Waals surface area contributed by atoms with Gasteiger partial charge in [0.15, 0.2) is 0 Å². The number of aromatic carboxylic acids is 1. The molecule has 0 atom stereocenters. The van der Waals surface area contributed by atoms with Gasteiger partial charge in [-0.05, 0) is 43.5 Å². The fraction of sp³-hybridized carbons (Fsp3) is 0.333. The molecular formula is C15H17N3O4S. The Morgan fingerprint density at radius 1 is 1.30 bits per heavy atom. The third-order valence-electron chi connectivity index (χ3n) is 4.16. The van der Waals surface area contributed by atoms with Crippen molar-refractivity contribution < 1.29 is 18.3 Å². The lowest BCUT2D eigenvalue weighted by Crippen LogP contribution is -2.26. The molecule has 0 amide bonds. The molecule has 23 heavy (non-hydrogen) atoms. The van der Waals surface area contributed by atoms with Crippen LogP contribution in [0, 0.1) is 0 Å². The Hall–Kier alpha value is -2.35. The van der Waals surface area contributed by atoms with Crippen molar-refractivity contribution >= 4 is 21.7 Å². The van der Waals surface area contributed by atoms with Gasteiger partial charge in [-0.3, -0.25) is 8.99 Å². The van der Waals surface area contributed by atoms with Crippen LogP contribution in [0.1, 0.15) is 35.7 Å². The molecular weight excluding hydrogens is 318 g/mol. The summed E-state index contributed by atoms with van der Waals surface area (Å²) in [5, 5.41) is 13.0. The number of carbonyl (C=O) groups is 1. The van der Waals surface area contributed by atoms with Gasteiger partial charge in [-0.2, -0.15) is 5.10 Å². The molecule has 1 aliphatic rings. The molecule has 0 spiro atoms. The highest BCUT2D eigenvalue weighted by atomic mass is 32.2. The highest BCUT2D eigenvalue weighted by molar-refractivity contribution is 7.92. The largest absolute Gasteiger partial charge is 0.478 e. The summed E-state index contributed by atoms with van der Waals surface area (Å²) >= 11 is 0. The van der Waals surface area contributed by atoms with Gasteiger partial charge in [0.2, 0.25) is 0 Å². The monoisotopic (exact) mass is 335 g/mol. The van der Waals surface area contributed by atoms with Crippen molar-refractivity contribution in [3.63, 3.8) is 0 Å². The average molecular weight is 335 g/mol. The Kier molecular flexibility index (Phi) is 3.85. The number of rotatable bonds is 5. The lowest BCUT2D eigenvalue weighted by Gasteiger charge is -2.25. The zero-order valence-corrected chi connectivity index (χ0v) is 13.4. The molecule has 1 saturated carbocycles. The van der Waals surface area contributed by atoms with E-state index in [-0.39, 0.29) is 10.5 Å². The predicted molar refractivity (Wildman–Crippen MR) is 84.1 cm³/mol. The average Bonchev–Trinajstić information content (AvgIpc) is 2.95. The lowest BCUT2D eigenvalue weighted by atomic mass is 9.93. The Bertz CT molecular complexity index is 823. The zero-order chi connectivity index (χ0) is 16.6. The minimum atomic E-state index is -3.72. The van der Waals surface area contributed by atoms with Crippen LogP contribution in [0.2, 0.25) is 0 Å². The summed E-state index contributed by atoms with van der Waals surface area (Å²) in [5.41, 5.74) is 0.503. The number of carboxylic acid groups (broad SMARTS) is 1. The molecule has 2 aromatic rings. The van der Waals surface area contributed by atoms with E-state index < -0.39 is 16.0 Å². The number of aromatic nitrogens is 2. The summed E-state index contributed by atoms with van der Waals surface area (Å²) in [6.45, 7) is 0. The van der Waals surface area contributed by atoms with Crippen LogP contribution in [0.3, 0.4) is 0 Å². The van der Waals surface area contributed by atoms with Gasteiger partial charge in [0.25, 0.3) is 10.0 Å². The highest BCUT2D eigenvalue weighted by Gasteiger charge is 2.26. The molecule has 1 aromatic carbocycles. The second-order valence-corrected chi connectivity index (χ2v) is 7.53. The Morgan fingerprint density at radius 3 is 2.48 bits per heavy atom. The van der Waals surface area contributed by atoms with Crippen LogP contribution in [0.5, 0.6) is 0 Å². The van der Waals surface area contributed by atoms with E-state index in [1.54, 1.807) is 10.9 Å². The Labute approximate surface area is 134 Å². The van der Waals surface area contributed by atoms with Crippen molar-refractivity contribution in [2.45, 2.75) is 30.2 Å². The van der Waals surface area contributed by atoms with Crippen molar-refractivity contribution in [1.29, 1.82) is 0 Å². The molecule has 3 rings (SSSR count). The molecule has 1 aliphatic carbocycles. The summed E-state index contributed by atoms with van der Waals surface area (Å²) in [6, 6.07) is 5.98. The van der Waals surface area contributed by atoms with E-state index in [1.807, 2.05) is 0 Å². The molecule has 0 aliphatic heterocycles. The third-order valence-corrected chi connectivity index (χ3v) is 5.90. The fourth-order valence-corrected chi connectivity index (χ4v) is 3.55. The number of benzene rings is 1. The zero-order valence-electron chi connectivity index (χ0n) is 12.6. The molecule has 1 N–H and O–H groups in total. The van der Waals surface area contributed by atoms with E-state index in [4.69, 9.17) is 5.11 Å². The van der Waals surface area contributed by atoms with Crippen LogP contribution in [0.25, 0.3) is 0 Å². The van der Waals surface area contributed by atoms with Gasteiger partial charge in [0.1, 0.15) is 4.90 Å². The number of carboxylic acids is 1. The third kappa shape index (κ3) is 2.81. The lowest BCUT2D eigenvalue weighted by molar-refractivity contribution is 0.0697. The van der Waals surface area contributed by atoms with Crippen molar-refractivity contribution in [1.82, 2.24) is 9.78 Å². The topological polar surface area (TPSA) is 92.5 Å². The molecule has 8 heteroatoms. The number of nitrogens with zero attached hydrogens (tertiary/aromatic N) is 3. The molecule has 0 saturated heterocycles. The molecule has 1 fully saturated rings. The van der Waals surface area contributed by atoms with E-state index in [2.05, 4.69) is 5.10 Å². The first kappa shape index (κ1) is 15.5. The van der Waals surface area contributed by atoms with Crippen molar-refractivity contribution in [2.24, 2.45) is 0 Å². The van der Waals surface area contributed by atoms with E-state index in [0.29, 0.717) is 11.7 Å². The van der Waals surface area contributed by atoms with Gasteiger partial charge in [-0.25, -0.2) is 13.2 Å². The van der Waals surface area contributed by atoms with E-state index >= 15 is 0 Å². The summed E-state index contributed by atoms with van der Waals surface area (Å²) in [7, 11) is -2.28. The highest BCUT2D eigenvalue weighted by Crippen LogP contribution is 2.32. The second kappa shape index (κ2) is 5.69. The molecule has 1 aromatic heterocycles. The summed E-state index contributed by atoms with van der Waals surface area (Å²) in [5.74, 6) is -1.05. The number of hydrogen-bond acceptors (Lipinski definition) is 4. The van der Waals surface area contributed by atoms with Crippen LogP contribution in [-0.4, -0.2) is 36.3 Å². The Balaban J connectivity index is 1.85. The summed E-state index contributed by atoms with van der Waals surface area (Å²) in [4.78, 5) is 11.0. The first-order chi connectivity index (χ1) is 10.9. The normalized spacial score (nSPS) is 15.2. The SMILES string of the molecule is CN(c1ccc(C(=O)O)cc1)S(=O)(=O)c1cnn(C2CCC2)c1. The van der Waals surface area contributed by atoms with Gasteiger partial charge >= 0.3 is 5.97 Å². The quantitative estimate of drug-likeness (QED) is 0.903. The van der Waals surface area contributed by atoms with Gasteiger partial charge in [-0.1, -0.05) is 0 Å². The van der Waals surface area contributed by atoms with E-state index in [1.165, 1.54) is 37.5 Å². The summed E-state index contributed by atoms with van der Waals surface area (Å²) < 4.78 is 28.1.